The van der Waals surface area contributed by atoms with Crippen molar-refractivity contribution in [3.63, 3.8) is 0 Å². The predicted molar refractivity (Wildman–Crippen MR) is 57.4 cm³/mol. The van der Waals surface area contributed by atoms with Crippen molar-refractivity contribution < 1.29 is 4.42 Å². The average Bonchev–Trinajstić information content (AvgIpc) is 2.76. The van der Waals surface area contributed by atoms with Gasteiger partial charge in [-0.3, -0.25) is 0 Å². The Hall–Kier alpha value is -1.84. The molecule has 0 fully saturated rings. The minimum atomic E-state index is 0.566. The molecular formula is C11H13N3O. The van der Waals surface area contributed by atoms with Crippen LogP contribution in [0.1, 0.15) is 18.6 Å². The third kappa shape index (κ3) is 2.56. The fourth-order valence-corrected chi connectivity index (χ4v) is 1.23. The lowest BCUT2D eigenvalue weighted by atomic mass is 10.4. The molecule has 0 aromatic carbocycles. The van der Waals surface area contributed by atoms with Crippen LogP contribution in [0.25, 0.3) is 0 Å². The quantitative estimate of drug-likeness (QED) is 0.828. The number of hydrogen-bond acceptors (Lipinski definition) is 4. The lowest BCUT2D eigenvalue weighted by Crippen LogP contribution is -2.00. The van der Waals surface area contributed by atoms with Gasteiger partial charge in [-0.1, -0.05) is 13.0 Å². The lowest BCUT2D eigenvalue weighted by Gasteiger charge is -2.00. The molecule has 2 rings (SSSR count). The van der Waals surface area contributed by atoms with Crippen molar-refractivity contribution in [3.8, 4) is 0 Å². The molecule has 0 spiro atoms. The predicted octanol–water partition coefficient (Wildman–Crippen LogP) is 2.24. The minimum Gasteiger partial charge on any atom is -0.444 e. The minimum absolute atomic E-state index is 0.566. The lowest BCUT2D eigenvalue weighted by molar-refractivity contribution is 0.465. The Bertz CT molecular complexity index is 411. The zero-order valence-electron chi connectivity index (χ0n) is 8.60. The van der Waals surface area contributed by atoms with Crippen LogP contribution in [0, 0.1) is 0 Å². The SMILES string of the molecule is CCc1cnc(CNc2ccccn2)o1. The molecule has 0 aliphatic heterocycles. The van der Waals surface area contributed by atoms with Crippen molar-refractivity contribution in [2.45, 2.75) is 19.9 Å². The van der Waals surface area contributed by atoms with Crippen molar-refractivity contribution in [3.05, 3.63) is 42.2 Å². The van der Waals surface area contributed by atoms with E-state index in [1.807, 2.05) is 25.1 Å². The molecule has 0 aliphatic carbocycles. The first-order valence-corrected chi connectivity index (χ1v) is 4.97. The molecule has 0 radical (unpaired) electrons. The second kappa shape index (κ2) is 4.59. The number of nitrogens with zero attached hydrogens (tertiary/aromatic N) is 2. The largest absolute Gasteiger partial charge is 0.444 e. The standard InChI is InChI=1S/C11H13N3O/c1-2-9-7-14-11(15-9)8-13-10-5-3-4-6-12-10/h3-7H,2,8H2,1H3,(H,12,13). The Labute approximate surface area is 88.4 Å². The monoisotopic (exact) mass is 203 g/mol. The van der Waals surface area contributed by atoms with Gasteiger partial charge in [-0.25, -0.2) is 9.97 Å². The van der Waals surface area contributed by atoms with E-state index in [2.05, 4.69) is 15.3 Å². The highest BCUT2D eigenvalue weighted by Gasteiger charge is 2.01. The summed E-state index contributed by atoms with van der Waals surface area (Å²) in [4.78, 5) is 8.29. The van der Waals surface area contributed by atoms with E-state index in [1.165, 1.54) is 0 Å². The molecule has 0 saturated carbocycles. The third-order valence-electron chi connectivity index (χ3n) is 2.04. The molecule has 4 nitrogen and oxygen atoms in total. The summed E-state index contributed by atoms with van der Waals surface area (Å²) in [5, 5.41) is 3.13. The second-order valence-corrected chi connectivity index (χ2v) is 3.14. The van der Waals surface area contributed by atoms with Gasteiger partial charge in [0.15, 0.2) is 0 Å². The van der Waals surface area contributed by atoms with Gasteiger partial charge in [0, 0.05) is 12.6 Å². The molecule has 4 heteroatoms. The summed E-state index contributed by atoms with van der Waals surface area (Å²) in [6.45, 7) is 2.60. The van der Waals surface area contributed by atoms with Crippen molar-refractivity contribution >= 4 is 5.82 Å². The van der Waals surface area contributed by atoms with E-state index in [4.69, 9.17) is 4.42 Å². The molecule has 0 amide bonds. The Balaban J connectivity index is 1.93. The summed E-state index contributed by atoms with van der Waals surface area (Å²) >= 11 is 0. The fraction of sp³-hybridized carbons (Fsp3) is 0.273. The molecule has 1 N–H and O–H groups in total. The molecule has 0 atom stereocenters. The van der Waals surface area contributed by atoms with E-state index >= 15 is 0 Å². The number of oxazole rings is 1. The van der Waals surface area contributed by atoms with E-state index in [9.17, 15) is 0 Å². The van der Waals surface area contributed by atoms with Gasteiger partial charge in [-0.05, 0) is 12.1 Å². The van der Waals surface area contributed by atoms with Crippen LogP contribution in [0.2, 0.25) is 0 Å². The van der Waals surface area contributed by atoms with Crippen LogP contribution >= 0.6 is 0 Å². The number of pyridine rings is 1. The van der Waals surface area contributed by atoms with Crippen LogP contribution in [-0.2, 0) is 13.0 Å². The highest BCUT2D eigenvalue weighted by molar-refractivity contribution is 5.32. The summed E-state index contributed by atoms with van der Waals surface area (Å²) < 4.78 is 5.45. The Kier molecular flexibility index (Phi) is 2.97. The molecule has 0 aliphatic rings. The smallest absolute Gasteiger partial charge is 0.213 e. The zero-order chi connectivity index (χ0) is 10.5. The Morgan fingerprint density at radius 1 is 1.33 bits per heavy atom. The van der Waals surface area contributed by atoms with Crippen LogP contribution in [0.3, 0.4) is 0 Å². The molecule has 2 heterocycles. The average molecular weight is 203 g/mol. The van der Waals surface area contributed by atoms with Gasteiger partial charge in [0.05, 0.1) is 12.7 Å². The van der Waals surface area contributed by atoms with Crippen molar-refractivity contribution in [2.24, 2.45) is 0 Å². The summed E-state index contributed by atoms with van der Waals surface area (Å²) in [6.07, 6.45) is 4.38. The Morgan fingerprint density at radius 2 is 2.27 bits per heavy atom. The fourth-order valence-electron chi connectivity index (χ4n) is 1.23. The maximum atomic E-state index is 5.45. The van der Waals surface area contributed by atoms with Gasteiger partial charge in [0.2, 0.25) is 5.89 Å². The van der Waals surface area contributed by atoms with Gasteiger partial charge >= 0.3 is 0 Å². The number of rotatable bonds is 4. The molecule has 78 valence electrons. The van der Waals surface area contributed by atoms with Gasteiger partial charge in [0.25, 0.3) is 0 Å². The maximum Gasteiger partial charge on any atom is 0.213 e. The van der Waals surface area contributed by atoms with E-state index in [0.29, 0.717) is 12.4 Å². The number of aryl methyl sites for hydroxylation is 1. The number of aromatic nitrogens is 2. The van der Waals surface area contributed by atoms with Crippen molar-refractivity contribution in [1.82, 2.24) is 9.97 Å². The highest BCUT2D eigenvalue weighted by Crippen LogP contribution is 2.07. The first-order chi connectivity index (χ1) is 7.38. The summed E-state index contributed by atoms with van der Waals surface area (Å²) in [7, 11) is 0. The maximum absolute atomic E-state index is 5.45. The van der Waals surface area contributed by atoms with Crippen LogP contribution in [0.15, 0.2) is 35.0 Å². The first-order valence-electron chi connectivity index (χ1n) is 4.97. The van der Waals surface area contributed by atoms with E-state index < -0.39 is 0 Å². The van der Waals surface area contributed by atoms with Gasteiger partial charge in [0.1, 0.15) is 11.6 Å². The molecule has 0 unspecified atom stereocenters. The highest BCUT2D eigenvalue weighted by atomic mass is 16.4. The van der Waals surface area contributed by atoms with E-state index in [0.717, 1.165) is 18.0 Å². The normalized spacial score (nSPS) is 10.2. The number of nitrogens with one attached hydrogen (secondary N) is 1. The molecule has 2 aromatic heterocycles. The summed E-state index contributed by atoms with van der Waals surface area (Å²) in [5.74, 6) is 2.43. The number of hydrogen-bond donors (Lipinski definition) is 1. The van der Waals surface area contributed by atoms with Crippen LogP contribution in [-0.4, -0.2) is 9.97 Å². The topological polar surface area (TPSA) is 51.0 Å². The molecular weight excluding hydrogens is 190 g/mol. The molecule has 0 saturated heterocycles. The van der Waals surface area contributed by atoms with Crippen LogP contribution < -0.4 is 5.32 Å². The number of anilines is 1. The molecule has 0 bridgehead atoms. The van der Waals surface area contributed by atoms with Crippen molar-refractivity contribution in [2.75, 3.05) is 5.32 Å². The molecule has 2 aromatic rings. The van der Waals surface area contributed by atoms with Crippen LogP contribution in [0.4, 0.5) is 5.82 Å². The first kappa shape index (κ1) is 9.71. The van der Waals surface area contributed by atoms with Crippen molar-refractivity contribution in [1.29, 1.82) is 0 Å². The van der Waals surface area contributed by atoms with E-state index in [1.54, 1.807) is 12.4 Å². The van der Waals surface area contributed by atoms with Gasteiger partial charge in [-0.15, -0.1) is 0 Å². The zero-order valence-corrected chi connectivity index (χ0v) is 8.60. The second-order valence-electron chi connectivity index (χ2n) is 3.14. The summed E-state index contributed by atoms with van der Waals surface area (Å²) in [6, 6.07) is 5.72. The van der Waals surface area contributed by atoms with E-state index in [-0.39, 0.29) is 0 Å². The third-order valence-corrected chi connectivity index (χ3v) is 2.04. The summed E-state index contributed by atoms with van der Waals surface area (Å²) in [5.41, 5.74) is 0. The Morgan fingerprint density at radius 3 is 2.93 bits per heavy atom. The van der Waals surface area contributed by atoms with Gasteiger partial charge < -0.3 is 9.73 Å². The molecule has 15 heavy (non-hydrogen) atoms. The van der Waals surface area contributed by atoms with Crippen LogP contribution in [0.5, 0.6) is 0 Å². The van der Waals surface area contributed by atoms with Gasteiger partial charge in [-0.2, -0.15) is 0 Å².